The van der Waals surface area contributed by atoms with Crippen molar-refractivity contribution in [2.24, 2.45) is 4.99 Å². The van der Waals surface area contributed by atoms with Gasteiger partial charge in [0.25, 0.3) is 6.43 Å². The zero-order chi connectivity index (χ0) is 13.4. The molecule has 0 fully saturated rings. The fraction of sp³-hybridized carbons (Fsp3) is 0.385. The van der Waals surface area contributed by atoms with E-state index >= 15 is 0 Å². The molecule has 1 aromatic rings. The van der Waals surface area contributed by atoms with Crippen LogP contribution in [0.25, 0.3) is 0 Å². The van der Waals surface area contributed by atoms with Crippen LogP contribution < -0.4 is 0 Å². The summed E-state index contributed by atoms with van der Waals surface area (Å²) < 4.78 is 29.9. The lowest BCUT2D eigenvalue weighted by Gasteiger charge is -2.05. The molecule has 0 amide bonds. The van der Waals surface area contributed by atoms with Crippen LogP contribution in [0.2, 0.25) is 0 Å². The minimum absolute atomic E-state index is 0.139. The van der Waals surface area contributed by atoms with Crippen LogP contribution in [0.1, 0.15) is 18.9 Å². The second-order valence-corrected chi connectivity index (χ2v) is 3.58. The van der Waals surface area contributed by atoms with Gasteiger partial charge in [0.15, 0.2) is 0 Å². The van der Waals surface area contributed by atoms with Gasteiger partial charge in [0.2, 0.25) is 0 Å². The van der Waals surface area contributed by atoms with Crippen LogP contribution in [-0.4, -0.2) is 24.7 Å². The maximum absolute atomic E-state index is 12.7. The first-order valence-corrected chi connectivity index (χ1v) is 5.64. The zero-order valence-electron chi connectivity index (χ0n) is 10.1. The summed E-state index contributed by atoms with van der Waals surface area (Å²) in [7, 11) is 0. The van der Waals surface area contributed by atoms with Gasteiger partial charge in [-0.15, -0.1) is 0 Å². The van der Waals surface area contributed by atoms with E-state index in [2.05, 4.69) is 9.73 Å². The van der Waals surface area contributed by atoms with Gasteiger partial charge in [0.05, 0.1) is 25.3 Å². The normalized spacial score (nSPS) is 11.7. The fourth-order valence-electron chi connectivity index (χ4n) is 1.34. The second-order valence-electron chi connectivity index (χ2n) is 3.58. The van der Waals surface area contributed by atoms with E-state index in [1.54, 1.807) is 31.2 Å². The number of hydrogen-bond donors (Lipinski definition) is 0. The zero-order valence-corrected chi connectivity index (χ0v) is 10.1. The van der Waals surface area contributed by atoms with Crippen LogP contribution in [0.3, 0.4) is 0 Å². The van der Waals surface area contributed by atoms with Crippen LogP contribution in [0.4, 0.5) is 8.78 Å². The maximum atomic E-state index is 12.7. The molecular formula is C13H15F2NO2. The number of ether oxygens (including phenoxy) is 1. The van der Waals surface area contributed by atoms with Crippen LogP contribution >= 0.6 is 0 Å². The first kappa shape index (κ1) is 14.3. The summed E-state index contributed by atoms with van der Waals surface area (Å²) >= 11 is 0. The van der Waals surface area contributed by atoms with Crippen molar-refractivity contribution in [2.75, 3.05) is 6.61 Å². The Morgan fingerprint density at radius 1 is 1.33 bits per heavy atom. The molecular weight excluding hydrogens is 240 g/mol. The number of halogens is 2. The van der Waals surface area contributed by atoms with E-state index in [9.17, 15) is 13.6 Å². The van der Waals surface area contributed by atoms with Crippen LogP contribution in [0.15, 0.2) is 35.3 Å². The van der Waals surface area contributed by atoms with Gasteiger partial charge in [0, 0.05) is 0 Å². The Balaban J connectivity index is 2.64. The molecule has 0 atom stereocenters. The summed E-state index contributed by atoms with van der Waals surface area (Å²) in [4.78, 5) is 14.9. The first-order chi connectivity index (χ1) is 8.63. The van der Waals surface area contributed by atoms with E-state index in [1.807, 2.05) is 6.07 Å². The van der Waals surface area contributed by atoms with Gasteiger partial charge in [-0.3, -0.25) is 9.79 Å². The quantitative estimate of drug-likeness (QED) is 0.579. The van der Waals surface area contributed by atoms with E-state index in [0.29, 0.717) is 0 Å². The number of hydrogen-bond acceptors (Lipinski definition) is 3. The van der Waals surface area contributed by atoms with Crippen molar-refractivity contribution in [1.82, 2.24) is 0 Å². The number of carbonyl (C=O) groups excluding carboxylic acids is 1. The lowest BCUT2D eigenvalue weighted by molar-refractivity contribution is -0.141. The van der Waals surface area contributed by atoms with Crippen LogP contribution in [-0.2, 0) is 16.1 Å². The smallest absolute Gasteiger partial charge is 0.311 e. The molecule has 0 aliphatic carbocycles. The molecule has 0 aliphatic rings. The molecule has 1 aromatic carbocycles. The third kappa shape index (κ3) is 5.03. The second kappa shape index (κ2) is 7.53. The third-order valence-corrected chi connectivity index (χ3v) is 2.19. The average molecular weight is 255 g/mol. The molecule has 0 aliphatic heterocycles. The summed E-state index contributed by atoms with van der Waals surface area (Å²) in [5, 5.41) is 0. The van der Waals surface area contributed by atoms with Gasteiger partial charge >= 0.3 is 5.97 Å². The Hall–Kier alpha value is -1.78. The van der Waals surface area contributed by atoms with Crippen molar-refractivity contribution in [1.29, 1.82) is 0 Å². The summed E-state index contributed by atoms with van der Waals surface area (Å²) in [5.41, 5.74) is 0.386. The molecule has 0 saturated heterocycles. The molecule has 0 unspecified atom stereocenters. The summed E-state index contributed by atoms with van der Waals surface area (Å²) in [6, 6.07) is 9.02. The number of carbonyl (C=O) groups is 1. The summed E-state index contributed by atoms with van der Waals surface area (Å²) in [6.07, 6.45) is -3.20. The SMILES string of the molecule is CCOC(=O)C/C(=N/Cc1ccccc1)C(F)F. The minimum Gasteiger partial charge on any atom is -0.466 e. The van der Waals surface area contributed by atoms with Crippen molar-refractivity contribution in [3.05, 3.63) is 35.9 Å². The van der Waals surface area contributed by atoms with Gasteiger partial charge in [-0.2, -0.15) is 0 Å². The number of benzene rings is 1. The van der Waals surface area contributed by atoms with E-state index in [1.165, 1.54) is 0 Å². The van der Waals surface area contributed by atoms with Crippen molar-refractivity contribution in [2.45, 2.75) is 26.3 Å². The van der Waals surface area contributed by atoms with Crippen molar-refractivity contribution >= 4 is 11.7 Å². The highest BCUT2D eigenvalue weighted by molar-refractivity contribution is 6.00. The number of alkyl halides is 2. The molecule has 0 N–H and O–H groups in total. The molecule has 0 bridgehead atoms. The third-order valence-electron chi connectivity index (χ3n) is 2.19. The molecule has 3 nitrogen and oxygen atoms in total. The summed E-state index contributed by atoms with van der Waals surface area (Å²) in [6.45, 7) is 1.94. The monoisotopic (exact) mass is 255 g/mol. The molecule has 0 radical (unpaired) electrons. The van der Waals surface area contributed by atoms with Crippen molar-refractivity contribution < 1.29 is 18.3 Å². The van der Waals surface area contributed by atoms with Crippen LogP contribution in [0.5, 0.6) is 0 Å². The minimum atomic E-state index is -2.74. The van der Waals surface area contributed by atoms with Gasteiger partial charge in [-0.1, -0.05) is 30.3 Å². The van der Waals surface area contributed by atoms with Gasteiger partial charge in [-0.05, 0) is 12.5 Å². The Kier molecular flexibility index (Phi) is 5.97. The Morgan fingerprint density at radius 2 is 2.00 bits per heavy atom. The fourth-order valence-corrected chi connectivity index (χ4v) is 1.34. The number of esters is 1. The molecule has 5 heteroatoms. The topological polar surface area (TPSA) is 38.7 Å². The predicted octanol–water partition coefficient (Wildman–Crippen LogP) is 2.85. The van der Waals surface area contributed by atoms with Gasteiger partial charge in [0.1, 0.15) is 0 Å². The van der Waals surface area contributed by atoms with E-state index in [0.717, 1.165) is 5.56 Å². The highest BCUT2D eigenvalue weighted by atomic mass is 19.3. The lowest BCUT2D eigenvalue weighted by Crippen LogP contribution is -2.18. The Bertz CT molecular complexity index is 405. The Labute approximate surface area is 104 Å². The largest absolute Gasteiger partial charge is 0.466 e. The molecule has 18 heavy (non-hydrogen) atoms. The first-order valence-electron chi connectivity index (χ1n) is 5.64. The molecule has 0 spiro atoms. The predicted molar refractivity (Wildman–Crippen MR) is 64.8 cm³/mol. The maximum Gasteiger partial charge on any atom is 0.311 e. The Morgan fingerprint density at radius 3 is 2.56 bits per heavy atom. The lowest BCUT2D eigenvalue weighted by atomic mass is 10.2. The van der Waals surface area contributed by atoms with Crippen molar-refractivity contribution in [3.63, 3.8) is 0 Å². The van der Waals surface area contributed by atoms with E-state index < -0.39 is 24.5 Å². The molecule has 1 rings (SSSR count). The van der Waals surface area contributed by atoms with Gasteiger partial charge in [-0.25, -0.2) is 8.78 Å². The number of nitrogens with zero attached hydrogens (tertiary/aromatic N) is 1. The standard InChI is InChI=1S/C13H15F2NO2/c1-2-18-12(17)8-11(13(14)15)16-9-10-6-4-3-5-7-10/h3-7,13H,2,8-9H2,1H3/b16-11-. The highest BCUT2D eigenvalue weighted by Crippen LogP contribution is 2.07. The summed E-state index contributed by atoms with van der Waals surface area (Å²) in [5.74, 6) is -0.676. The average Bonchev–Trinajstić information content (AvgIpc) is 2.35. The van der Waals surface area contributed by atoms with E-state index in [4.69, 9.17) is 0 Å². The van der Waals surface area contributed by atoms with Crippen LogP contribution in [0, 0.1) is 0 Å². The molecule has 98 valence electrons. The molecule has 0 heterocycles. The van der Waals surface area contributed by atoms with E-state index in [-0.39, 0.29) is 13.2 Å². The molecule has 0 aromatic heterocycles. The van der Waals surface area contributed by atoms with Crippen molar-refractivity contribution in [3.8, 4) is 0 Å². The highest BCUT2D eigenvalue weighted by Gasteiger charge is 2.17. The van der Waals surface area contributed by atoms with Gasteiger partial charge < -0.3 is 4.74 Å². The number of aliphatic imine (C=N–C) groups is 1. The molecule has 0 saturated carbocycles. The number of rotatable bonds is 6.